The Morgan fingerprint density at radius 3 is 2.71 bits per heavy atom. The molecule has 1 aromatic heterocycles. The number of nitrogens with zero attached hydrogens (tertiary/aromatic N) is 1. The van der Waals surface area contributed by atoms with Crippen LogP contribution in [0.2, 0.25) is 0 Å². The number of alkyl halides is 3. The average Bonchev–Trinajstić information content (AvgIpc) is 2.14. The molecule has 74 valence electrons. The van der Waals surface area contributed by atoms with Crippen molar-refractivity contribution >= 4 is 0 Å². The van der Waals surface area contributed by atoms with Crippen molar-refractivity contribution in [2.24, 2.45) is 0 Å². The Morgan fingerprint density at radius 1 is 1.43 bits per heavy atom. The molecule has 0 amide bonds. The van der Waals surface area contributed by atoms with E-state index in [1.807, 2.05) is 0 Å². The zero-order valence-electron chi connectivity index (χ0n) is 7.52. The Balaban J connectivity index is 2.93. The van der Waals surface area contributed by atoms with Gasteiger partial charge in [-0.2, -0.15) is 13.2 Å². The van der Waals surface area contributed by atoms with Gasteiger partial charge in [0.2, 0.25) is 0 Å². The van der Waals surface area contributed by atoms with E-state index in [9.17, 15) is 13.2 Å². The Bertz CT molecular complexity index is 371. The summed E-state index contributed by atoms with van der Waals surface area (Å²) in [4.78, 5) is 3.25. The Labute approximate surface area is 80.0 Å². The van der Waals surface area contributed by atoms with Crippen LogP contribution in [-0.4, -0.2) is 4.98 Å². The fourth-order valence-electron chi connectivity index (χ4n) is 0.930. The first-order chi connectivity index (χ1) is 6.54. The normalized spacial score (nSPS) is 10.6. The van der Waals surface area contributed by atoms with E-state index in [2.05, 4.69) is 16.8 Å². The molecule has 1 heterocycles. The maximum atomic E-state index is 12.2. The molecule has 0 bridgehead atoms. The maximum absolute atomic E-state index is 12.2. The summed E-state index contributed by atoms with van der Waals surface area (Å²) in [6.07, 6.45) is -2.91. The van der Waals surface area contributed by atoms with Crippen molar-refractivity contribution in [3.63, 3.8) is 0 Å². The summed E-state index contributed by atoms with van der Waals surface area (Å²) >= 11 is 0. The molecule has 0 radical (unpaired) electrons. The van der Waals surface area contributed by atoms with Gasteiger partial charge in [-0.3, -0.25) is 4.98 Å². The van der Waals surface area contributed by atoms with Crippen LogP contribution in [0.1, 0.15) is 18.2 Å². The second kappa shape index (κ2) is 4.14. The van der Waals surface area contributed by atoms with Crippen LogP contribution in [0.5, 0.6) is 0 Å². The van der Waals surface area contributed by atoms with Gasteiger partial charge in [0.25, 0.3) is 0 Å². The highest BCUT2D eigenvalue weighted by Gasteiger charge is 2.32. The van der Waals surface area contributed by atoms with Crippen molar-refractivity contribution in [3.8, 4) is 11.8 Å². The number of pyridine rings is 1. The fraction of sp³-hybridized carbons (Fsp3) is 0.300. The lowest BCUT2D eigenvalue weighted by molar-refractivity contribution is -0.141. The van der Waals surface area contributed by atoms with Gasteiger partial charge in [-0.05, 0) is 24.6 Å². The molecule has 1 aromatic rings. The van der Waals surface area contributed by atoms with Crippen LogP contribution in [0.4, 0.5) is 13.2 Å². The molecule has 0 fully saturated rings. The summed E-state index contributed by atoms with van der Waals surface area (Å²) in [6, 6.07) is 2.55. The van der Waals surface area contributed by atoms with Crippen LogP contribution in [0.3, 0.4) is 0 Å². The van der Waals surface area contributed by atoms with Crippen molar-refractivity contribution in [1.29, 1.82) is 0 Å². The number of halogens is 3. The third-order valence-electron chi connectivity index (χ3n) is 1.58. The summed E-state index contributed by atoms with van der Waals surface area (Å²) < 4.78 is 36.6. The number of hydrogen-bond donors (Lipinski definition) is 0. The second-order valence-electron chi connectivity index (χ2n) is 2.65. The molecule has 0 aromatic carbocycles. The summed E-state index contributed by atoms with van der Waals surface area (Å²) in [6.45, 7) is 1.64. The van der Waals surface area contributed by atoms with E-state index in [0.717, 1.165) is 12.3 Å². The molecule has 0 unspecified atom stereocenters. The molecule has 0 saturated heterocycles. The fourth-order valence-corrected chi connectivity index (χ4v) is 0.930. The second-order valence-corrected chi connectivity index (χ2v) is 2.65. The minimum absolute atomic E-state index is 0.322. The van der Waals surface area contributed by atoms with Gasteiger partial charge < -0.3 is 0 Å². The van der Waals surface area contributed by atoms with Gasteiger partial charge in [-0.1, -0.05) is 5.92 Å². The topological polar surface area (TPSA) is 12.9 Å². The molecule has 4 heteroatoms. The third-order valence-corrected chi connectivity index (χ3v) is 1.58. The molecule has 14 heavy (non-hydrogen) atoms. The predicted octanol–water partition coefficient (Wildman–Crippen LogP) is 2.67. The van der Waals surface area contributed by atoms with Gasteiger partial charge in [0, 0.05) is 12.6 Å². The van der Waals surface area contributed by atoms with Gasteiger partial charge in [0.15, 0.2) is 0 Å². The first kappa shape index (κ1) is 10.6. The zero-order chi connectivity index (χ0) is 10.6. The van der Waals surface area contributed by atoms with E-state index in [1.54, 1.807) is 6.92 Å². The van der Waals surface area contributed by atoms with E-state index in [4.69, 9.17) is 0 Å². The number of rotatable bonds is 1. The molecule has 0 aliphatic carbocycles. The van der Waals surface area contributed by atoms with Crippen LogP contribution >= 0.6 is 0 Å². The standard InChI is InChI=1S/C10H8F3N/c1-2-3-4-8-5-6-14-9(7-8)10(11,12)13/h5-7H,4H2,1H3. The van der Waals surface area contributed by atoms with Crippen molar-refractivity contribution in [1.82, 2.24) is 4.98 Å². The quantitative estimate of drug-likeness (QED) is 0.633. The summed E-state index contributed by atoms with van der Waals surface area (Å²) in [5, 5.41) is 0. The third kappa shape index (κ3) is 2.77. The first-order valence-corrected chi connectivity index (χ1v) is 3.96. The van der Waals surface area contributed by atoms with E-state index >= 15 is 0 Å². The summed E-state index contributed by atoms with van der Waals surface area (Å²) in [5.41, 5.74) is -0.338. The van der Waals surface area contributed by atoms with Crippen LogP contribution < -0.4 is 0 Å². The molecule has 1 nitrogen and oxygen atoms in total. The Kier molecular flexibility index (Phi) is 3.13. The van der Waals surface area contributed by atoms with Crippen molar-refractivity contribution < 1.29 is 13.2 Å². The van der Waals surface area contributed by atoms with Gasteiger partial charge in [0.05, 0.1) is 0 Å². The average molecular weight is 199 g/mol. The highest BCUT2D eigenvalue weighted by atomic mass is 19.4. The van der Waals surface area contributed by atoms with Crippen molar-refractivity contribution in [2.45, 2.75) is 19.5 Å². The van der Waals surface area contributed by atoms with Gasteiger partial charge in [0.1, 0.15) is 5.69 Å². The highest BCUT2D eigenvalue weighted by Crippen LogP contribution is 2.27. The molecule has 0 N–H and O–H groups in total. The predicted molar refractivity (Wildman–Crippen MR) is 46.4 cm³/mol. The molecule has 0 spiro atoms. The minimum atomic E-state index is -4.38. The highest BCUT2D eigenvalue weighted by molar-refractivity contribution is 5.22. The molecular weight excluding hydrogens is 191 g/mol. The Morgan fingerprint density at radius 2 is 2.14 bits per heavy atom. The molecular formula is C10H8F3N. The maximum Gasteiger partial charge on any atom is 0.433 e. The van der Waals surface area contributed by atoms with E-state index in [-0.39, 0.29) is 0 Å². The zero-order valence-corrected chi connectivity index (χ0v) is 7.52. The summed E-state index contributed by atoms with van der Waals surface area (Å²) in [5.74, 6) is 5.32. The molecule has 0 aliphatic rings. The largest absolute Gasteiger partial charge is 0.433 e. The van der Waals surface area contributed by atoms with Crippen LogP contribution in [0, 0.1) is 11.8 Å². The number of aromatic nitrogens is 1. The van der Waals surface area contributed by atoms with Gasteiger partial charge in [-0.25, -0.2) is 0 Å². The molecule has 0 atom stereocenters. The van der Waals surface area contributed by atoms with Gasteiger partial charge in [-0.15, -0.1) is 5.92 Å². The van der Waals surface area contributed by atoms with E-state index in [0.29, 0.717) is 12.0 Å². The SMILES string of the molecule is CC#CCc1ccnc(C(F)(F)F)c1. The minimum Gasteiger partial charge on any atom is -0.252 e. The molecule has 0 saturated carbocycles. The molecule has 0 aliphatic heterocycles. The lowest BCUT2D eigenvalue weighted by Crippen LogP contribution is -2.08. The van der Waals surface area contributed by atoms with Crippen LogP contribution in [-0.2, 0) is 12.6 Å². The van der Waals surface area contributed by atoms with E-state index < -0.39 is 11.9 Å². The number of hydrogen-bond acceptors (Lipinski definition) is 1. The Hall–Kier alpha value is -1.50. The first-order valence-electron chi connectivity index (χ1n) is 3.96. The smallest absolute Gasteiger partial charge is 0.252 e. The summed E-state index contributed by atoms with van der Waals surface area (Å²) in [7, 11) is 0. The van der Waals surface area contributed by atoms with Crippen molar-refractivity contribution in [3.05, 3.63) is 29.6 Å². The lowest BCUT2D eigenvalue weighted by atomic mass is 10.1. The lowest BCUT2D eigenvalue weighted by Gasteiger charge is -2.05. The van der Waals surface area contributed by atoms with Crippen LogP contribution in [0.15, 0.2) is 18.3 Å². The monoisotopic (exact) mass is 199 g/mol. The van der Waals surface area contributed by atoms with E-state index in [1.165, 1.54) is 6.07 Å². The molecule has 1 rings (SSSR count). The van der Waals surface area contributed by atoms with Crippen molar-refractivity contribution in [2.75, 3.05) is 0 Å². The van der Waals surface area contributed by atoms with Gasteiger partial charge >= 0.3 is 6.18 Å². The van der Waals surface area contributed by atoms with Crippen LogP contribution in [0.25, 0.3) is 0 Å².